The van der Waals surface area contributed by atoms with Crippen LogP contribution in [-0.4, -0.2) is 26.4 Å². The lowest BCUT2D eigenvalue weighted by atomic mass is 10.3. The third kappa shape index (κ3) is 2.34. The lowest BCUT2D eigenvalue weighted by Crippen LogP contribution is -2.04. The Morgan fingerprint density at radius 2 is 2.20 bits per heavy atom. The minimum atomic E-state index is 0.727. The number of hydrogen-bond acceptors (Lipinski definition) is 3. The summed E-state index contributed by atoms with van der Waals surface area (Å²) in [6.45, 7) is 1.73. The van der Waals surface area contributed by atoms with Crippen molar-refractivity contribution in [1.82, 2.24) is 19.3 Å². The van der Waals surface area contributed by atoms with Gasteiger partial charge in [-0.2, -0.15) is 5.10 Å². The van der Waals surface area contributed by atoms with Gasteiger partial charge in [-0.3, -0.25) is 4.68 Å². The Kier molecular flexibility index (Phi) is 3.56. The molecule has 2 aromatic heterocycles. The largest absolute Gasteiger partial charge is 0.494 e. The standard InChI is InChI=1S/C14H16N4OS/c1-19-12-6-2-5-11-13(12)16-14(20)18(11)10-4-9-17-8-3-7-15-17/h2-3,5-8H,4,9-10H2,1H3,(H,16,20). The molecule has 1 aromatic carbocycles. The molecule has 0 aliphatic heterocycles. The van der Waals surface area contributed by atoms with E-state index in [9.17, 15) is 0 Å². The SMILES string of the molecule is COc1cccc2c1[nH]c(=S)n2CCCn1cccn1. The lowest BCUT2D eigenvalue weighted by Gasteiger charge is -2.06. The molecule has 1 N–H and O–H groups in total. The number of imidazole rings is 1. The third-order valence-corrected chi connectivity index (χ3v) is 3.64. The average molecular weight is 288 g/mol. The summed E-state index contributed by atoms with van der Waals surface area (Å²) in [6.07, 6.45) is 4.74. The number of aromatic amines is 1. The summed E-state index contributed by atoms with van der Waals surface area (Å²) in [4.78, 5) is 3.22. The molecule has 5 nitrogen and oxygen atoms in total. The van der Waals surface area contributed by atoms with E-state index in [0.29, 0.717) is 0 Å². The minimum absolute atomic E-state index is 0.727. The second-order valence-corrected chi connectivity index (χ2v) is 4.95. The zero-order valence-corrected chi connectivity index (χ0v) is 12.1. The molecule has 0 bridgehead atoms. The molecule has 0 amide bonds. The smallest absolute Gasteiger partial charge is 0.178 e. The average Bonchev–Trinajstić information content (AvgIpc) is 3.07. The lowest BCUT2D eigenvalue weighted by molar-refractivity contribution is 0.419. The van der Waals surface area contributed by atoms with Crippen LogP contribution < -0.4 is 4.74 Å². The number of fused-ring (bicyclic) bond motifs is 1. The maximum absolute atomic E-state index is 5.40. The molecule has 3 rings (SSSR count). The van der Waals surface area contributed by atoms with Crippen LogP contribution in [0.25, 0.3) is 11.0 Å². The number of methoxy groups -OCH3 is 1. The predicted molar refractivity (Wildman–Crippen MR) is 80.5 cm³/mol. The Bertz CT molecular complexity index is 757. The normalized spacial score (nSPS) is 11.1. The number of para-hydroxylation sites is 1. The van der Waals surface area contributed by atoms with E-state index < -0.39 is 0 Å². The van der Waals surface area contributed by atoms with Gasteiger partial charge in [0.15, 0.2) is 4.77 Å². The van der Waals surface area contributed by atoms with Gasteiger partial charge in [0, 0.05) is 25.5 Å². The molecule has 0 aliphatic rings. The van der Waals surface area contributed by atoms with Crippen LogP contribution in [0.4, 0.5) is 0 Å². The van der Waals surface area contributed by atoms with E-state index in [0.717, 1.165) is 41.1 Å². The fourth-order valence-corrected chi connectivity index (χ4v) is 2.66. The molecule has 0 saturated heterocycles. The molecule has 20 heavy (non-hydrogen) atoms. The van der Waals surface area contributed by atoms with Gasteiger partial charge < -0.3 is 14.3 Å². The Morgan fingerprint density at radius 1 is 1.30 bits per heavy atom. The first kappa shape index (κ1) is 12.9. The van der Waals surface area contributed by atoms with Crippen LogP contribution in [0, 0.1) is 4.77 Å². The van der Waals surface area contributed by atoms with Crippen LogP contribution in [0.2, 0.25) is 0 Å². The fraction of sp³-hybridized carbons (Fsp3) is 0.286. The molecule has 0 aliphatic carbocycles. The molecular weight excluding hydrogens is 272 g/mol. The Morgan fingerprint density at radius 3 is 2.95 bits per heavy atom. The summed E-state index contributed by atoms with van der Waals surface area (Å²) in [6, 6.07) is 7.90. The van der Waals surface area contributed by atoms with Crippen molar-refractivity contribution in [3.63, 3.8) is 0 Å². The van der Waals surface area contributed by atoms with Crippen molar-refractivity contribution in [3.8, 4) is 5.75 Å². The highest BCUT2D eigenvalue weighted by molar-refractivity contribution is 7.71. The van der Waals surface area contributed by atoms with Gasteiger partial charge in [-0.25, -0.2) is 0 Å². The third-order valence-electron chi connectivity index (χ3n) is 3.32. The first-order valence-corrected chi connectivity index (χ1v) is 6.93. The van der Waals surface area contributed by atoms with Crippen molar-refractivity contribution >= 4 is 23.3 Å². The van der Waals surface area contributed by atoms with E-state index in [2.05, 4.69) is 20.7 Å². The summed E-state index contributed by atoms with van der Waals surface area (Å²) in [5, 5.41) is 4.20. The molecular formula is C14H16N4OS. The zero-order chi connectivity index (χ0) is 13.9. The Labute approximate surface area is 121 Å². The van der Waals surface area contributed by atoms with Gasteiger partial charge in [0.1, 0.15) is 11.3 Å². The molecule has 0 fully saturated rings. The van der Waals surface area contributed by atoms with E-state index in [1.807, 2.05) is 29.1 Å². The van der Waals surface area contributed by atoms with Crippen LogP contribution in [0.1, 0.15) is 6.42 Å². The van der Waals surface area contributed by atoms with Crippen LogP contribution in [0.5, 0.6) is 5.75 Å². The molecule has 0 unspecified atom stereocenters. The molecule has 0 atom stereocenters. The van der Waals surface area contributed by atoms with Gasteiger partial charge in [-0.1, -0.05) is 6.07 Å². The quantitative estimate of drug-likeness (QED) is 0.734. The van der Waals surface area contributed by atoms with Gasteiger partial charge >= 0.3 is 0 Å². The summed E-state index contributed by atoms with van der Waals surface area (Å²) in [5.41, 5.74) is 2.04. The van der Waals surface area contributed by atoms with Gasteiger partial charge in [0.2, 0.25) is 0 Å². The predicted octanol–water partition coefficient (Wildman–Crippen LogP) is 2.99. The highest BCUT2D eigenvalue weighted by Gasteiger charge is 2.08. The van der Waals surface area contributed by atoms with Crippen LogP contribution in [0.15, 0.2) is 36.7 Å². The summed E-state index contributed by atoms with van der Waals surface area (Å²) in [7, 11) is 1.67. The van der Waals surface area contributed by atoms with E-state index in [4.69, 9.17) is 17.0 Å². The van der Waals surface area contributed by atoms with Gasteiger partial charge in [-0.15, -0.1) is 0 Å². The van der Waals surface area contributed by atoms with Gasteiger partial charge in [0.25, 0.3) is 0 Å². The number of hydrogen-bond donors (Lipinski definition) is 1. The molecule has 3 aromatic rings. The molecule has 0 saturated carbocycles. The Hall–Kier alpha value is -2.08. The topological polar surface area (TPSA) is 47.8 Å². The van der Waals surface area contributed by atoms with E-state index in [-0.39, 0.29) is 0 Å². The van der Waals surface area contributed by atoms with Crippen molar-refractivity contribution in [2.75, 3.05) is 7.11 Å². The van der Waals surface area contributed by atoms with Crippen LogP contribution >= 0.6 is 12.2 Å². The highest BCUT2D eigenvalue weighted by Crippen LogP contribution is 2.24. The van der Waals surface area contributed by atoms with Gasteiger partial charge in [0.05, 0.1) is 12.6 Å². The first-order valence-electron chi connectivity index (χ1n) is 6.52. The number of H-pyrrole nitrogens is 1. The second kappa shape index (κ2) is 5.50. The minimum Gasteiger partial charge on any atom is -0.494 e. The number of ether oxygens (including phenoxy) is 1. The number of rotatable bonds is 5. The molecule has 6 heteroatoms. The summed E-state index contributed by atoms with van der Waals surface area (Å²) >= 11 is 5.40. The number of benzene rings is 1. The van der Waals surface area contributed by atoms with Crippen molar-refractivity contribution in [3.05, 3.63) is 41.4 Å². The van der Waals surface area contributed by atoms with Crippen LogP contribution in [-0.2, 0) is 13.1 Å². The van der Waals surface area contributed by atoms with Crippen molar-refractivity contribution in [2.45, 2.75) is 19.5 Å². The molecule has 2 heterocycles. The van der Waals surface area contributed by atoms with Crippen molar-refractivity contribution < 1.29 is 4.74 Å². The summed E-state index contributed by atoms with van der Waals surface area (Å²) in [5.74, 6) is 0.819. The summed E-state index contributed by atoms with van der Waals surface area (Å²) < 4.78 is 10.1. The Balaban J connectivity index is 1.84. The highest BCUT2D eigenvalue weighted by atomic mass is 32.1. The zero-order valence-electron chi connectivity index (χ0n) is 11.2. The number of aromatic nitrogens is 4. The maximum Gasteiger partial charge on any atom is 0.178 e. The van der Waals surface area contributed by atoms with E-state index in [1.165, 1.54) is 0 Å². The fourth-order valence-electron chi connectivity index (χ4n) is 2.37. The molecule has 0 spiro atoms. The van der Waals surface area contributed by atoms with E-state index >= 15 is 0 Å². The number of aryl methyl sites for hydroxylation is 2. The molecule has 0 radical (unpaired) electrons. The number of nitrogens with one attached hydrogen (secondary N) is 1. The second-order valence-electron chi connectivity index (χ2n) is 4.56. The van der Waals surface area contributed by atoms with Gasteiger partial charge in [-0.05, 0) is 36.8 Å². The maximum atomic E-state index is 5.40. The molecule has 104 valence electrons. The van der Waals surface area contributed by atoms with E-state index in [1.54, 1.807) is 13.3 Å². The monoisotopic (exact) mass is 288 g/mol. The van der Waals surface area contributed by atoms with Crippen molar-refractivity contribution in [2.24, 2.45) is 0 Å². The van der Waals surface area contributed by atoms with Crippen LogP contribution in [0.3, 0.4) is 0 Å². The number of nitrogens with zero attached hydrogens (tertiary/aromatic N) is 3. The van der Waals surface area contributed by atoms with Crippen molar-refractivity contribution in [1.29, 1.82) is 0 Å². The first-order chi connectivity index (χ1) is 9.79.